The summed E-state index contributed by atoms with van der Waals surface area (Å²) in [5, 5.41) is 22.3. The van der Waals surface area contributed by atoms with E-state index in [4.69, 9.17) is 35.3 Å². The van der Waals surface area contributed by atoms with Crippen LogP contribution in [-0.2, 0) is 31.2 Å². The van der Waals surface area contributed by atoms with Gasteiger partial charge in [0.1, 0.15) is 29.7 Å². The Morgan fingerprint density at radius 1 is 1.00 bits per heavy atom. The van der Waals surface area contributed by atoms with E-state index in [-0.39, 0.29) is 6.61 Å². The van der Waals surface area contributed by atoms with Crippen LogP contribution in [0.25, 0.3) is 0 Å². The first-order valence-corrected chi connectivity index (χ1v) is 14.2. The molecule has 2 aliphatic heterocycles. The van der Waals surface area contributed by atoms with Gasteiger partial charge in [-0.05, 0) is 61.6 Å². The minimum absolute atomic E-state index is 0.0167. The van der Waals surface area contributed by atoms with Crippen LogP contribution >= 0.6 is 11.6 Å². The Labute approximate surface area is 231 Å². The molecule has 0 amide bonds. The van der Waals surface area contributed by atoms with Gasteiger partial charge in [0, 0.05) is 23.8 Å². The average Bonchev–Trinajstić information content (AvgIpc) is 3.30. The van der Waals surface area contributed by atoms with Crippen LogP contribution in [0.5, 0.6) is 5.75 Å². The Balaban J connectivity index is 1.70. The van der Waals surface area contributed by atoms with Gasteiger partial charge in [0.05, 0.1) is 19.8 Å². The normalized spacial score (nSPS) is 28.5. The van der Waals surface area contributed by atoms with Crippen LogP contribution in [0.1, 0.15) is 63.1 Å². The Morgan fingerprint density at radius 3 is 2.37 bits per heavy atom. The van der Waals surface area contributed by atoms with Crippen molar-refractivity contribution in [3.63, 3.8) is 0 Å². The first-order valence-electron chi connectivity index (χ1n) is 13.8. The van der Waals surface area contributed by atoms with Gasteiger partial charge in [-0.2, -0.15) is 0 Å². The molecule has 0 spiro atoms. The Bertz CT molecular complexity index is 1030. The van der Waals surface area contributed by atoms with Crippen LogP contribution in [0, 0.1) is 0 Å². The van der Waals surface area contributed by atoms with E-state index in [1.54, 1.807) is 0 Å². The zero-order chi connectivity index (χ0) is 27.2. The summed E-state index contributed by atoms with van der Waals surface area (Å²) in [6.45, 7) is 7.30. The third-order valence-electron chi connectivity index (χ3n) is 7.36. The first kappa shape index (κ1) is 29.3. The summed E-state index contributed by atoms with van der Waals surface area (Å²) in [5.41, 5.74) is 1.39. The number of rotatable bonds is 14. The fraction of sp³-hybridized carbons (Fsp3) is 0.600. The Kier molecular flexibility index (Phi) is 10.1. The second-order valence-electron chi connectivity index (χ2n) is 10.1. The molecular formula is C30H41ClO7. The maximum absolute atomic E-state index is 11.3. The molecule has 2 aromatic carbocycles. The van der Waals surface area contributed by atoms with Crippen molar-refractivity contribution < 1.29 is 33.9 Å². The molecule has 0 unspecified atom stereocenters. The van der Waals surface area contributed by atoms with Gasteiger partial charge in [0.25, 0.3) is 0 Å². The van der Waals surface area contributed by atoms with Crippen LogP contribution < -0.4 is 4.74 Å². The summed E-state index contributed by atoms with van der Waals surface area (Å²) < 4.78 is 31.0. The summed E-state index contributed by atoms with van der Waals surface area (Å²) in [5.74, 6) is -0.532. The quantitative estimate of drug-likeness (QED) is 0.321. The number of ether oxygens (including phenoxy) is 5. The number of aliphatic hydroxyl groups excluding tert-OH is 2. The number of hydrogen-bond acceptors (Lipinski definition) is 7. The van der Waals surface area contributed by atoms with Gasteiger partial charge in [-0.15, -0.1) is 0 Å². The highest BCUT2D eigenvalue weighted by molar-refractivity contribution is 6.31. The molecule has 2 heterocycles. The van der Waals surface area contributed by atoms with Gasteiger partial charge in [-0.1, -0.05) is 56.5 Å². The number of aliphatic hydroxyl groups is 2. The second-order valence-corrected chi connectivity index (χ2v) is 10.5. The van der Waals surface area contributed by atoms with E-state index >= 15 is 0 Å². The molecule has 2 N–H and O–H groups in total. The molecule has 38 heavy (non-hydrogen) atoms. The minimum Gasteiger partial charge on any atom is -0.494 e. The molecule has 2 aromatic rings. The number of benzene rings is 2. The van der Waals surface area contributed by atoms with Crippen molar-refractivity contribution in [3.05, 3.63) is 64.2 Å². The lowest BCUT2D eigenvalue weighted by molar-refractivity contribution is -0.344. The highest BCUT2D eigenvalue weighted by Crippen LogP contribution is 2.51. The Hall–Kier alpha value is -1.71. The van der Waals surface area contributed by atoms with Crippen LogP contribution in [0.15, 0.2) is 42.5 Å². The summed E-state index contributed by atoms with van der Waals surface area (Å²) in [7, 11) is 0. The summed E-state index contributed by atoms with van der Waals surface area (Å²) in [6.07, 6.45) is 1.63. The van der Waals surface area contributed by atoms with Crippen LogP contribution in [-0.4, -0.2) is 67.2 Å². The zero-order valence-electron chi connectivity index (χ0n) is 22.7. The third-order valence-corrected chi connectivity index (χ3v) is 7.73. The van der Waals surface area contributed by atoms with E-state index in [0.717, 1.165) is 48.1 Å². The highest BCUT2D eigenvalue weighted by Gasteiger charge is 2.68. The monoisotopic (exact) mass is 548 g/mol. The molecule has 0 aromatic heterocycles. The van der Waals surface area contributed by atoms with E-state index in [9.17, 15) is 10.2 Å². The summed E-state index contributed by atoms with van der Waals surface area (Å²) in [6, 6.07) is 13.6. The number of hydrogen-bond donors (Lipinski definition) is 2. The van der Waals surface area contributed by atoms with E-state index in [2.05, 4.69) is 13.8 Å². The van der Waals surface area contributed by atoms with Crippen LogP contribution in [0.3, 0.4) is 0 Å². The van der Waals surface area contributed by atoms with Crippen molar-refractivity contribution in [1.29, 1.82) is 0 Å². The van der Waals surface area contributed by atoms with E-state index in [1.165, 1.54) is 0 Å². The summed E-state index contributed by atoms with van der Waals surface area (Å²) >= 11 is 6.65. The van der Waals surface area contributed by atoms with Crippen molar-refractivity contribution in [3.8, 4) is 5.75 Å². The van der Waals surface area contributed by atoms with Crippen LogP contribution in [0.4, 0.5) is 0 Å². The van der Waals surface area contributed by atoms with E-state index in [0.29, 0.717) is 31.3 Å². The summed E-state index contributed by atoms with van der Waals surface area (Å²) in [4.78, 5) is 0. The molecule has 2 aliphatic rings. The minimum atomic E-state index is -1.36. The zero-order valence-corrected chi connectivity index (χ0v) is 23.4. The number of unbranched alkanes of at least 4 members (excludes halogenated alkanes) is 2. The van der Waals surface area contributed by atoms with Gasteiger partial charge in [0.2, 0.25) is 5.79 Å². The van der Waals surface area contributed by atoms with Crippen LogP contribution in [0.2, 0.25) is 5.02 Å². The predicted octanol–water partition coefficient (Wildman–Crippen LogP) is 5.01. The van der Waals surface area contributed by atoms with Gasteiger partial charge < -0.3 is 33.9 Å². The van der Waals surface area contributed by atoms with Gasteiger partial charge >= 0.3 is 0 Å². The molecule has 2 saturated heterocycles. The van der Waals surface area contributed by atoms with Crippen molar-refractivity contribution in [2.24, 2.45) is 0 Å². The number of halogens is 1. The molecule has 7 nitrogen and oxygen atoms in total. The first-order chi connectivity index (χ1) is 18.4. The molecule has 0 aliphatic carbocycles. The lowest BCUT2D eigenvalue weighted by Crippen LogP contribution is -2.67. The van der Waals surface area contributed by atoms with E-state index in [1.807, 2.05) is 49.4 Å². The van der Waals surface area contributed by atoms with Gasteiger partial charge in [0.15, 0.2) is 0 Å². The lowest BCUT2D eigenvalue weighted by atomic mass is 9.83. The van der Waals surface area contributed by atoms with E-state index < -0.39 is 36.3 Å². The average molecular weight is 549 g/mol. The number of fused-ring (bicyclic) bond motifs is 2. The standard InChI is InChI=1S/C30H41ClO7/c1-4-7-15-35-26-27(33)29(19-32)20-37-30(38-29,28(26)36-16-8-5-2)23-11-14-25(31)22(18-23)17-21-9-12-24(13-10-21)34-6-3/h9-14,18,26-28,32-33H,4-8,15-17,19-20H2,1-3H3/t26-,27+,28+,29-,30-/m0/s1. The van der Waals surface area contributed by atoms with Gasteiger partial charge in [-0.25, -0.2) is 0 Å². The fourth-order valence-electron chi connectivity index (χ4n) is 5.15. The topological polar surface area (TPSA) is 86.6 Å². The van der Waals surface area contributed by atoms with Crippen molar-refractivity contribution in [2.45, 2.75) is 82.6 Å². The Morgan fingerprint density at radius 2 is 1.71 bits per heavy atom. The fourth-order valence-corrected chi connectivity index (χ4v) is 5.34. The lowest BCUT2D eigenvalue weighted by Gasteiger charge is -2.49. The molecular weight excluding hydrogens is 508 g/mol. The SMILES string of the molecule is CCCCO[C@H]1[C@@H](O)[C@]2(CO)CO[C@@](c3ccc(Cl)c(Cc4ccc(OCC)cc4)c3)(O2)[C@@H]1OCCCC. The second kappa shape index (κ2) is 13.1. The highest BCUT2D eigenvalue weighted by atomic mass is 35.5. The molecule has 8 heteroatoms. The molecule has 5 atom stereocenters. The van der Waals surface area contributed by atoms with Crippen molar-refractivity contribution in [2.75, 3.05) is 33.0 Å². The molecule has 2 bridgehead atoms. The van der Waals surface area contributed by atoms with Gasteiger partial charge in [-0.3, -0.25) is 0 Å². The molecule has 2 fully saturated rings. The predicted molar refractivity (Wildman–Crippen MR) is 146 cm³/mol. The molecule has 0 saturated carbocycles. The maximum Gasteiger partial charge on any atom is 0.225 e. The molecule has 4 rings (SSSR count). The molecule has 0 radical (unpaired) electrons. The van der Waals surface area contributed by atoms with Crippen molar-refractivity contribution >= 4 is 11.6 Å². The van der Waals surface area contributed by atoms with Crippen molar-refractivity contribution in [1.82, 2.24) is 0 Å². The maximum atomic E-state index is 11.3. The third kappa shape index (κ3) is 5.89. The largest absolute Gasteiger partial charge is 0.494 e. The smallest absolute Gasteiger partial charge is 0.225 e. The molecule has 210 valence electrons.